The number of likely N-dealkylation sites (tertiary alicyclic amines) is 1. The molecule has 2 aromatic carbocycles. The molecule has 0 aromatic heterocycles. The fourth-order valence-electron chi connectivity index (χ4n) is 3.88. The Hall–Kier alpha value is -2.87. The van der Waals surface area contributed by atoms with Gasteiger partial charge < -0.3 is 14.4 Å². The van der Waals surface area contributed by atoms with Crippen LogP contribution in [0.4, 0.5) is 0 Å². The van der Waals surface area contributed by atoms with Crippen LogP contribution in [0.3, 0.4) is 0 Å². The van der Waals surface area contributed by atoms with Crippen LogP contribution in [-0.2, 0) is 20.8 Å². The van der Waals surface area contributed by atoms with Gasteiger partial charge in [0.1, 0.15) is 6.10 Å². The largest absolute Gasteiger partial charge is 0.348 e. The van der Waals surface area contributed by atoms with Gasteiger partial charge >= 0.3 is 0 Å². The van der Waals surface area contributed by atoms with Crippen LogP contribution in [0.25, 0.3) is 5.57 Å². The summed E-state index contributed by atoms with van der Waals surface area (Å²) in [4.78, 5) is 15.0. The Morgan fingerprint density at radius 3 is 2.36 bits per heavy atom. The Kier molecular flexibility index (Phi) is 4.80. The topological polar surface area (TPSA) is 38.8 Å². The van der Waals surface area contributed by atoms with Gasteiger partial charge in [0.15, 0.2) is 5.79 Å². The molecule has 0 N–H and O–H groups in total. The van der Waals surface area contributed by atoms with E-state index in [9.17, 15) is 4.79 Å². The predicted octanol–water partition coefficient (Wildman–Crippen LogP) is 3.64. The molecule has 2 saturated heterocycles. The zero-order valence-corrected chi connectivity index (χ0v) is 16.1. The lowest BCUT2D eigenvalue weighted by atomic mass is 9.83. The highest BCUT2D eigenvalue weighted by molar-refractivity contribution is 6.11. The van der Waals surface area contributed by atoms with Crippen molar-refractivity contribution in [3.63, 3.8) is 0 Å². The molecule has 2 atom stereocenters. The van der Waals surface area contributed by atoms with Gasteiger partial charge in [-0.05, 0) is 25.0 Å². The minimum Gasteiger partial charge on any atom is -0.348 e. The third kappa shape index (κ3) is 3.35. The molecule has 0 spiro atoms. The predicted molar refractivity (Wildman–Crippen MR) is 108 cm³/mol. The number of rotatable bonds is 4. The van der Waals surface area contributed by atoms with Crippen LogP contribution in [0.1, 0.15) is 25.0 Å². The summed E-state index contributed by atoms with van der Waals surface area (Å²) in [6.07, 6.45) is 5.59. The molecular weight excluding hydrogens is 350 g/mol. The van der Waals surface area contributed by atoms with Crippen LogP contribution >= 0.6 is 0 Å². The van der Waals surface area contributed by atoms with E-state index in [-0.39, 0.29) is 18.1 Å². The summed E-state index contributed by atoms with van der Waals surface area (Å²) < 4.78 is 11.9. The quantitative estimate of drug-likeness (QED) is 0.467. The maximum absolute atomic E-state index is 13.1. The standard InChI is InChI=1S/C24H23NO3/c1-4-19(18-13-9-6-10-14-18)21-22(20-16-27-24(2,3)28-20)25(23(21)26)15-17-11-7-5-8-12-17/h1,5-14,20,22H,15-16H2,2-3H3/b21-19+/t20-,22+/m1/s1. The zero-order valence-electron chi connectivity index (χ0n) is 16.1. The molecule has 0 radical (unpaired) electrons. The average Bonchev–Trinajstić information content (AvgIpc) is 3.07. The number of nitrogens with zero attached hydrogens (tertiary/aromatic N) is 1. The Labute approximate surface area is 165 Å². The summed E-state index contributed by atoms with van der Waals surface area (Å²) in [6, 6.07) is 19.3. The van der Waals surface area contributed by atoms with Crippen LogP contribution in [-0.4, -0.2) is 35.3 Å². The van der Waals surface area contributed by atoms with Crippen molar-refractivity contribution in [2.24, 2.45) is 0 Å². The van der Waals surface area contributed by atoms with E-state index in [1.807, 2.05) is 79.4 Å². The lowest BCUT2D eigenvalue weighted by Crippen LogP contribution is -2.61. The summed E-state index contributed by atoms with van der Waals surface area (Å²) in [5.74, 6) is 2.03. The number of hydrogen-bond acceptors (Lipinski definition) is 3. The molecule has 4 rings (SSSR count). The molecule has 0 saturated carbocycles. The molecule has 1 amide bonds. The summed E-state index contributed by atoms with van der Waals surface area (Å²) in [6.45, 7) is 4.71. The van der Waals surface area contributed by atoms with E-state index in [0.717, 1.165) is 11.1 Å². The Morgan fingerprint density at radius 1 is 1.14 bits per heavy atom. The second-order valence-electron chi connectivity index (χ2n) is 7.53. The monoisotopic (exact) mass is 373 g/mol. The average molecular weight is 373 g/mol. The number of β-lactam (4-membered cyclic amide) rings is 1. The zero-order chi connectivity index (χ0) is 19.7. The second kappa shape index (κ2) is 7.27. The van der Waals surface area contributed by atoms with Gasteiger partial charge in [0.05, 0.1) is 18.2 Å². The van der Waals surface area contributed by atoms with Crippen LogP contribution in [0.2, 0.25) is 0 Å². The van der Waals surface area contributed by atoms with Crippen molar-refractivity contribution in [2.75, 3.05) is 6.61 Å². The van der Waals surface area contributed by atoms with Gasteiger partial charge in [-0.3, -0.25) is 4.79 Å². The minimum absolute atomic E-state index is 0.0426. The number of ether oxygens (including phenoxy) is 2. The summed E-state index contributed by atoms with van der Waals surface area (Å²) in [5.41, 5.74) is 3.21. The van der Waals surface area contributed by atoms with E-state index in [4.69, 9.17) is 15.9 Å². The van der Waals surface area contributed by atoms with Gasteiger partial charge in [-0.1, -0.05) is 66.6 Å². The molecule has 2 heterocycles. The van der Waals surface area contributed by atoms with E-state index >= 15 is 0 Å². The van der Waals surface area contributed by atoms with E-state index < -0.39 is 5.79 Å². The van der Waals surface area contributed by atoms with Crippen LogP contribution < -0.4 is 0 Å². The molecule has 4 nitrogen and oxygen atoms in total. The van der Waals surface area contributed by atoms with Crippen LogP contribution in [0, 0.1) is 12.3 Å². The first kappa shape index (κ1) is 18.5. The van der Waals surface area contributed by atoms with Crippen molar-refractivity contribution in [1.29, 1.82) is 0 Å². The number of allylic oxidation sites excluding steroid dienone is 1. The third-order valence-electron chi connectivity index (χ3n) is 5.18. The maximum Gasteiger partial charge on any atom is 0.254 e. The molecule has 2 fully saturated rings. The smallest absolute Gasteiger partial charge is 0.254 e. The highest BCUT2D eigenvalue weighted by atomic mass is 16.7. The molecule has 0 unspecified atom stereocenters. The van der Waals surface area contributed by atoms with Crippen molar-refractivity contribution in [1.82, 2.24) is 4.90 Å². The fraction of sp³-hybridized carbons (Fsp3) is 0.292. The minimum atomic E-state index is -0.671. The second-order valence-corrected chi connectivity index (χ2v) is 7.53. The maximum atomic E-state index is 13.1. The lowest BCUT2D eigenvalue weighted by Gasteiger charge is -2.46. The first-order valence-corrected chi connectivity index (χ1v) is 9.43. The number of carbonyl (C=O) groups excluding carboxylic acids is 1. The van der Waals surface area contributed by atoms with E-state index in [0.29, 0.717) is 24.3 Å². The van der Waals surface area contributed by atoms with Gasteiger partial charge in [-0.15, -0.1) is 6.42 Å². The molecule has 4 heteroatoms. The Morgan fingerprint density at radius 2 is 1.79 bits per heavy atom. The fourth-order valence-corrected chi connectivity index (χ4v) is 3.88. The normalized spacial score (nSPS) is 25.2. The van der Waals surface area contributed by atoms with Gasteiger partial charge in [-0.25, -0.2) is 0 Å². The SMILES string of the molecule is C#C/C(=C1\C(=O)N(Cc2ccccc2)[C@H]1[C@H]1COC(C)(C)O1)c1ccccc1. The number of hydrogen-bond donors (Lipinski definition) is 0. The van der Waals surface area contributed by atoms with Gasteiger partial charge in [0, 0.05) is 12.1 Å². The molecule has 2 aliphatic heterocycles. The van der Waals surface area contributed by atoms with Crippen LogP contribution in [0.15, 0.2) is 66.2 Å². The van der Waals surface area contributed by atoms with Crippen molar-refractivity contribution in [3.8, 4) is 12.3 Å². The third-order valence-corrected chi connectivity index (χ3v) is 5.18. The van der Waals surface area contributed by atoms with E-state index in [1.165, 1.54) is 0 Å². The van der Waals surface area contributed by atoms with Crippen molar-refractivity contribution in [2.45, 2.75) is 38.3 Å². The van der Waals surface area contributed by atoms with E-state index in [1.54, 1.807) is 0 Å². The van der Waals surface area contributed by atoms with Crippen molar-refractivity contribution in [3.05, 3.63) is 77.4 Å². The Bertz CT molecular complexity index is 941. The number of terminal acetylenes is 1. The first-order chi connectivity index (χ1) is 13.5. The number of benzene rings is 2. The highest BCUT2D eigenvalue weighted by Crippen LogP contribution is 2.40. The molecular formula is C24H23NO3. The van der Waals surface area contributed by atoms with Gasteiger partial charge in [-0.2, -0.15) is 0 Å². The summed E-state index contributed by atoms with van der Waals surface area (Å²) in [5, 5.41) is 0. The van der Waals surface area contributed by atoms with Crippen LogP contribution in [0.5, 0.6) is 0 Å². The molecule has 0 aliphatic carbocycles. The molecule has 2 aromatic rings. The van der Waals surface area contributed by atoms with Crippen molar-refractivity contribution < 1.29 is 14.3 Å². The summed E-state index contributed by atoms with van der Waals surface area (Å²) in [7, 11) is 0. The van der Waals surface area contributed by atoms with Gasteiger partial charge in [0.25, 0.3) is 5.91 Å². The highest BCUT2D eigenvalue weighted by Gasteiger charge is 2.52. The molecule has 2 aliphatic rings. The van der Waals surface area contributed by atoms with Gasteiger partial charge in [0.2, 0.25) is 0 Å². The molecule has 28 heavy (non-hydrogen) atoms. The number of amides is 1. The van der Waals surface area contributed by atoms with Crippen molar-refractivity contribution >= 4 is 11.5 Å². The lowest BCUT2D eigenvalue weighted by molar-refractivity contribution is -0.159. The molecule has 142 valence electrons. The first-order valence-electron chi connectivity index (χ1n) is 9.43. The molecule has 0 bridgehead atoms. The summed E-state index contributed by atoms with van der Waals surface area (Å²) >= 11 is 0. The number of carbonyl (C=O) groups is 1. The van der Waals surface area contributed by atoms with E-state index in [2.05, 4.69) is 5.92 Å². The Balaban J connectivity index is 1.72.